The van der Waals surface area contributed by atoms with Crippen LogP contribution >= 0.6 is 0 Å². The summed E-state index contributed by atoms with van der Waals surface area (Å²) in [6.45, 7) is 4.29. The van der Waals surface area contributed by atoms with E-state index in [-0.39, 0.29) is 30.4 Å². The third-order valence-electron chi connectivity index (χ3n) is 8.99. The van der Waals surface area contributed by atoms with Crippen molar-refractivity contribution in [2.75, 3.05) is 31.1 Å². The van der Waals surface area contributed by atoms with Crippen molar-refractivity contribution in [3.8, 4) is 5.75 Å². The van der Waals surface area contributed by atoms with Gasteiger partial charge in [-0.2, -0.15) is 0 Å². The van der Waals surface area contributed by atoms with E-state index in [1.807, 2.05) is 18.3 Å². The first-order valence-electron chi connectivity index (χ1n) is 15.2. The van der Waals surface area contributed by atoms with Crippen molar-refractivity contribution in [1.82, 2.24) is 25.1 Å². The fraction of sp³-hybridized carbons (Fsp3) is 0.469. The minimum absolute atomic E-state index is 0.0386. The van der Waals surface area contributed by atoms with Gasteiger partial charge in [0.05, 0.1) is 11.6 Å². The van der Waals surface area contributed by atoms with Crippen molar-refractivity contribution in [3.63, 3.8) is 0 Å². The number of nitrogens with one attached hydrogen (secondary N) is 1. The lowest BCUT2D eigenvalue weighted by Gasteiger charge is -2.29. The Morgan fingerprint density at radius 2 is 1.91 bits per heavy atom. The highest BCUT2D eigenvalue weighted by molar-refractivity contribution is 6.05. The fourth-order valence-electron chi connectivity index (χ4n) is 6.74. The second-order valence-corrected chi connectivity index (χ2v) is 12.1. The molecule has 0 aliphatic carbocycles. The van der Waals surface area contributed by atoms with E-state index in [4.69, 9.17) is 9.72 Å². The summed E-state index contributed by atoms with van der Waals surface area (Å²) < 4.78 is 6.34. The molecule has 1 aromatic heterocycles. The van der Waals surface area contributed by atoms with Crippen molar-refractivity contribution in [2.45, 2.75) is 69.9 Å². The number of piperidine rings is 1. The highest BCUT2D eigenvalue weighted by Gasteiger charge is 2.39. The molecule has 3 saturated heterocycles. The minimum atomic E-state index is -0.623. The number of ether oxygens (including phenoxy) is 1. The van der Waals surface area contributed by atoms with Gasteiger partial charge in [0, 0.05) is 62.8 Å². The van der Waals surface area contributed by atoms with Crippen LogP contribution in [0.2, 0.25) is 0 Å². The van der Waals surface area contributed by atoms with Gasteiger partial charge in [-0.15, -0.1) is 0 Å². The number of aliphatic hydroxyl groups excluding tert-OH is 1. The van der Waals surface area contributed by atoms with Crippen LogP contribution in [0.25, 0.3) is 10.9 Å². The first-order valence-corrected chi connectivity index (χ1v) is 15.2. The largest absolute Gasteiger partial charge is 0.489 e. The van der Waals surface area contributed by atoms with Crippen LogP contribution in [0.5, 0.6) is 5.75 Å². The number of aromatic nitrogens is 2. The lowest BCUT2D eigenvalue weighted by molar-refractivity contribution is -0.136. The third-order valence-corrected chi connectivity index (χ3v) is 8.99. The molecule has 3 atom stereocenters. The maximum atomic E-state index is 13.0. The van der Waals surface area contributed by atoms with E-state index in [0.29, 0.717) is 31.0 Å². The first-order chi connectivity index (χ1) is 20.9. The number of β-amino-alcohol motifs (C(OH)–C–C–N with tert-alkyl or cyclic N) is 1. The van der Waals surface area contributed by atoms with E-state index >= 15 is 0 Å². The normalized spacial score (nSPS) is 24.8. The van der Waals surface area contributed by atoms with Crippen molar-refractivity contribution in [3.05, 3.63) is 59.3 Å². The number of likely N-dealkylation sites (tertiary alicyclic amines) is 1. The first kappa shape index (κ1) is 27.7. The van der Waals surface area contributed by atoms with Crippen LogP contribution in [0.4, 0.5) is 5.95 Å². The predicted molar refractivity (Wildman–Crippen MR) is 158 cm³/mol. The number of aliphatic hydroxyl groups is 1. The topological polar surface area (TPSA) is 128 Å². The van der Waals surface area contributed by atoms with E-state index in [2.05, 4.69) is 38.3 Å². The summed E-state index contributed by atoms with van der Waals surface area (Å²) in [5.74, 6) is 0.526. The SMILES string of the molecule is O=C1CCC(N2Cc3cc(O[C@H]4CCN(Cc5ccc6nc(N7CCCC[C@H](O)C7)ncc6c5)C4)ccc3C2=O)C(=O)N1. The second kappa shape index (κ2) is 11.5. The summed E-state index contributed by atoms with van der Waals surface area (Å²) in [6.07, 6.45) is 5.96. The quantitative estimate of drug-likeness (QED) is 0.420. The average Bonchev–Trinajstić information content (AvgIpc) is 3.48. The molecule has 2 aromatic carbocycles. The lowest BCUT2D eigenvalue weighted by Crippen LogP contribution is -2.52. The number of benzene rings is 2. The number of rotatable bonds is 6. The number of nitrogens with zero attached hydrogens (tertiary/aromatic N) is 5. The Morgan fingerprint density at radius 3 is 2.79 bits per heavy atom. The molecule has 5 heterocycles. The van der Waals surface area contributed by atoms with Crippen molar-refractivity contribution < 1.29 is 24.2 Å². The number of carbonyl (C=O) groups is 3. The molecule has 3 aromatic rings. The Bertz CT molecular complexity index is 1580. The molecule has 224 valence electrons. The number of hydrogen-bond acceptors (Lipinski definition) is 9. The summed E-state index contributed by atoms with van der Waals surface area (Å²) in [5, 5.41) is 13.5. The zero-order chi connectivity index (χ0) is 29.5. The van der Waals surface area contributed by atoms with Gasteiger partial charge in [0.1, 0.15) is 17.9 Å². The van der Waals surface area contributed by atoms with Crippen LogP contribution in [0.15, 0.2) is 42.6 Å². The molecule has 11 heteroatoms. The summed E-state index contributed by atoms with van der Waals surface area (Å²) >= 11 is 0. The Morgan fingerprint density at radius 1 is 1.00 bits per heavy atom. The van der Waals surface area contributed by atoms with Gasteiger partial charge in [-0.05, 0) is 73.6 Å². The van der Waals surface area contributed by atoms with Gasteiger partial charge in [0.25, 0.3) is 5.91 Å². The molecule has 3 fully saturated rings. The van der Waals surface area contributed by atoms with Crippen LogP contribution in [0.3, 0.4) is 0 Å². The Labute approximate surface area is 249 Å². The Hall–Kier alpha value is -4.09. The van der Waals surface area contributed by atoms with Gasteiger partial charge in [-0.25, -0.2) is 9.97 Å². The van der Waals surface area contributed by atoms with Crippen molar-refractivity contribution in [2.24, 2.45) is 0 Å². The van der Waals surface area contributed by atoms with E-state index in [1.165, 1.54) is 5.56 Å². The van der Waals surface area contributed by atoms with Gasteiger partial charge < -0.3 is 19.6 Å². The van der Waals surface area contributed by atoms with Gasteiger partial charge in [0.15, 0.2) is 0 Å². The number of imide groups is 1. The second-order valence-electron chi connectivity index (χ2n) is 12.1. The average molecular weight is 585 g/mol. The molecular weight excluding hydrogens is 548 g/mol. The molecule has 0 spiro atoms. The van der Waals surface area contributed by atoms with E-state index in [0.717, 1.165) is 74.1 Å². The molecule has 1 unspecified atom stereocenters. The van der Waals surface area contributed by atoms with E-state index < -0.39 is 11.9 Å². The van der Waals surface area contributed by atoms with E-state index in [9.17, 15) is 19.5 Å². The third kappa shape index (κ3) is 5.79. The molecule has 0 radical (unpaired) electrons. The number of amides is 3. The number of anilines is 1. The monoisotopic (exact) mass is 584 g/mol. The fourth-order valence-corrected chi connectivity index (χ4v) is 6.74. The van der Waals surface area contributed by atoms with Gasteiger partial charge >= 0.3 is 0 Å². The van der Waals surface area contributed by atoms with E-state index in [1.54, 1.807) is 11.0 Å². The molecule has 2 N–H and O–H groups in total. The summed E-state index contributed by atoms with van der Waals surface area (Å²) in [4.78, 5) is 52.3. The zero-order valence-corrected chi connectivity index (χ0v) is 24.1. The van der Waals surface area contributed by atoms with Gasteiger partial charge in [0.2, 0.25) is 17.8 Å². The summed E-state index contributed by atoms with van der Waals surface area (Å²) in [5.41, 5.74) is 3.53. The zero-order valence-electron chi connectivity index (χ0n) is 24.1. The molecule has 4 aliphatic rings. The van der Waals surface area contributed by atoms with Crippen LogP contribution in [0, 0.1) is 0 Å². The highest BCUT2D eigenvalue weighted by Crippen LogP contribution is 2.31. The summed E-state index contributed by atoms with van der Waals surface area (Å²) in [6, 6.07) is 11.2. The molecule has 11 nitrogen and oxygen atoms in total. The Kier molecular flexibility index (Phi) is 7.44. The molecule has 0 saturated carbocycles. The number of carbonyl (C=O) groups excluding carboxylic acids is 3. The number of hydrogen-bond donors (Lipinski definition) is 2. The molecule has 7 rings (SSSR count). The highest BCUT2D eigenvalue weighted by atomic mass is 16.5. The smallest absolute Gasteiger partial charge is 0.255 e. The lowest BCUT2D eigenvalue weighted by atomic mass is 10.0. The van der Waals surface area contributed by atoms with Crippen molar-refractivity contribution >= 4 is 34.6 Å². The Balaban J connectivity index is 0.956. The molecule has 3 amide bonds. The molecule has 43 heavy (non-hydrogen) atoms. The maximum absolute atomic E-state index is 13.0. The predicted octanol–water partition coefficient (Wildman–Crippen LogP) is 2.40. The van der Waals surface area contributed by atoms with Crippen molar-refractivity contribution in [1.29, 1.82) is 0 Å². The molecule has 0 bridgehead atoms. The maximum Gasteiger partial charge on any atom is 0.255 e. The van der Waals surface area contributed by atoms with Gasteiger partial charge in [-0.1, -0.05) is 6.07 Å². The molecule has 4 aliphatic heterocycles. The summed E-state index contributed by atoms with van der Waals surface area (Å²) in [7, 11) is 0. The van der Waals surface area contributed by atoms with Crippen LogP contribution in [-0.2, 0) is 22.7 Å². The molecular formula is C32H36N6O5. The standard InChI is InChI=1S/C32H36N6O5/c39-23-3-1-2-11-37(18-23)32-33-15-21-13-20(4-7-27(21)34-32)16-36-12-10-25(19-36)43-24-5-6-26-22(14-24)17-38(31(26)42)28-8-9-29(40)35-30(28)41/h4-7,13-15,23,25,28,39H,1-3,8-12,16-19H2,(H,35,40,41)/t23-,25-,28?/m0/s1. The number of fused-ring (bicyclic) bond motifs is 2. The van der Waals surface area contributed by atoms with Gasteiger partial charge in [-0.3, -0.25) is 24.6 Å². The van der Waals surface area contributed by atoms with Crippen LogP contribution < -0.4 is 15.0 Å². The van der Waals surface area contributed by atoms with Crippen LogP contribution in [-0.4, -0.2) is 87.0 Å². The minimum Gasteiger partial charge on any atom is -0.489 e. The van der Waals surface area contributed by atoms with Crippen LogP contribution in [0.1, 0.15) is 60.0 Å².